The number of rotatable bonds is 14. The molecule has 1 aromatic heterocycles. The van der Waals surface area contributed by atoms with Gasteiger partial charge in [0.05, 0.1) is 6.54 Å². The van der Waals surface area contributed by atoms with Crippen molar-refractivity contribution in [2.75, 3.05) is 33.4 Å². The molecule has 0 aliphatic heterocycles. The van der Waals surface area contributed by atoms with E-state index in [1.54, 1.807) is 29.0 Å². The molecule has 1 N–H and O–H groups in total. The Morgan fingerprint density at radius 1 is 1.00 bits per heavy atom. The number of nitrogens with one attached hydrogen (secondary N) is 1. The van der Waals surface area contributed by atoms with Crippen LogP contribution in [0.1, 0.15) is 58.1 Å². The van der Waals surface area contributed by atoms with Gasteiger partial charge in [0.2, 0.25) is 11.8 Å². The zero-order valence-corrected chi connectivity index (χ0v) is 24.1. The zero-order valence-electron chi connectivity index (χ0n) is 24.1. The van der Waals surface area contributed by atoms with Gasteiger partial charge in [-0.2, -0.15) is 0 Å². The molecule has 2 aromatic carbocycles. The van der Waals surface area contributed by atoms with E-state index in [-0.39, 0.29) is 35.5 Å². The summed E-state index contributed by atoms with van der Waals surface area (Å²) in [6, 6.07) is 14.3. The number of H-pyrrole nitrogens is 1. The van der Waals surface area contributed by atoms with Crippen molar-refractivity contribution in [3.8, 4) is 0 Å². The maximum Gasteiger partial charge on any atom is 0.242 e. The van der Waals surface area contributed by atoms with Crippen LogP contribution in [0.4, 0.5) is 4.39 Å². The van der Waals surface area contributed by atoms with E-state index in [2.05, 4.69) is 38.7 Å². The monoisotopic (exact) mass is 537 g/mol. The lowest BCUT2D eigenvalue weighted by molar-refractivity contribution is -0.141. The molecule has 0 radical (unpaired) electrons. The van der Waals surface area contributed by atoms with E-state index >= 15 is 0 Å². The minimum absolute atomic E-state index is 0.00503. The van der Waals surface area contributed by atoms with Gasteiger partial charge in [0.15, 0.2) is 0 Å². The summed E-state index contributed by atoms with van der Waals surface area (Å²) in [6.07, 6.45) is 4.65. The van der Waals surface area contributed by atoms with Crippen LogP contribution >= 0.6 is 0 Å². The Balaban J connectivity index is 1.75. The highest BCUT2D eigenvalue weighted by Crippen LogP contribution is 2.26. The highest BCUT2D eigenvalue weighted by atomic mass is 19.1. The Morgan fingerprint density at radius 3 is 2.41 bits per heavy atom. The van der Waals surface area contributed by atoms with Crippen molar-refractivity contribution in [2.45, 2.75) is 59.9 Å². The first kappa shape index (κ1) is 30.4. The molecular weight excluding hydrogens is 493 g/mol. The van der Waals surface area contributed by atoms with Gasteiger partial charge in [-0.25, -0.2) is 4.39 Å². The number of methoxy groups -OCH3 is 1. The summed E-state index contributed by atoms with van der Waals surface area (Å²) in [7, 11) is 1.64. The van der Waals surface area contributed by atoms with E-state index in [0.29, 0.717) is 45.5 Å². The molecule has 0 saturated carbocycles. The standard InChI is InChI=1S/C32H44FN3O3/c1-24(20-32(2,3)4)19-30(37)35(16-8-18-39-5)23-31(38)36(22-25-11-13-27(33)14-12-25)17-15-26-21-34-29-10-7-6-9-28(26)29/h6-7,9-14,21,24,34H,8,15-20,22-23H2,1-5H3. The number of amides is 2. The van der Waals surface area contributed by atoms with Crippen LogP contribution in [0.15, 0.2) is 54.7 Å². The Hall–Kier alpha value is -3.19. The molecular formula is C32H44FN3O3. The van der Waals surface area contributed by atoms with Crippen LogP contribution in [0.2, 0.25) is 0 Å². The number of ether oxygens (including phenoxy) is 1. The number of carbonyl (C=O) groups is 2. The molecule has 2 amide bonds. The SMILES string of the molecule is COCCCN(CC(=O)N(CCc1c[nH]c2ccccc12)Cc1ccc(F)cc1)C(=O)CC(C)CC(C)(C)C. The summed E-state index contributed by atoms with van der Waals surface area (Å²) < 4.78 is 18.8. The molecule has 1 heterocycles. The van der Waals surface area contributed by atoms with Gasteiger partial charge in [0, 0.05) is 56.9 Å². The summed E-state index contributed by atoms with van der Waals surface area (Å²) in [4.78, 5) is 33.8. The van der Waals surface area contributed by atoms with Gasteiger partial charge in [-0.05, 0) is 59.9 Å². The van der Waals surface area contributed by atoms with Crippen LogP contribution in [0.3, 0.4) is 0 Å². The van der Waals surface area contributed by atoms with Gasteiger partial charge in [-0.15, -0.1) is 0 Å². The van der Waals surface area contributed by atoms with Crippen LogP contribution in [0, 0.1) is 17.2 Å². The molecule has 0 aliphatic rings. The number of hydrogen-bond acceptors (Lipinski definition) is 3. The van der Waals surface area contributed by atoms with Gasteiger partial charge in [0.25, 0.3) is 0 Å². The van der Waals surface area contributed by atoms with Crippen molar-refractivity contribution in [2.24, 2.45) is 11.3 Å². The third-order valence-corrected chi connectivity index (χ3v) is 6.90. The van der Waals surface area contributed by atoms with Crippen molar-refractivity contribution in [3.63, 3.8) is 0 Å². The third-order valence-electron chi connectivity index (χ3n) is 6.90. The number of para-hydroxylation sites is 1. The third kappa shape index (κ3) is 9.81. The second-order valence-electron chi connectivity index (χ2n) is 11.8. The van der Waals surface area contributed by atoms with Crippen molar-refractivity contribution < 1.29 is 18.7 Å². The second-order valence-corrected chi connectivity index (χ2v) is 11.8. The van der Waals surface area contributed by atoms with Crippen LogP contribution < -0.4 is 0 Å². The Bertz CT molecular complexity index is 1200. The Kier molecular flexibility index (Phi) is 11.1. The zero-order chi connectivity index (χ0) is 28.4. The molecule has 0 aliphatic carbocycles. The van der Waals surface area contributed by atoms with Gasteiger partial charge in [-0.3, -0.25) is 9.59 Å². The molecule has 3 aromatic rings. The molecule has 1 atom stereocenters. The minimum Gasteiger partial charge on any atom is -0.385 e. The molecule has 0 bridgehead atoms. The van der Waals surface area contributed by atoms with Crippen LogP contribution in [0.25, 0.3) is 10.9 Å². The summed E-state index contributed by atoms with van der Waals surface area (Å²) >= 11 is 0. The topological polar surface area (TPSA) is 65.6 Å². The molecule has 212 valence electrons. The fraction of sp³-hybridized carbons (Fsp3) is 0.500. The van der Waals surface area contributed by atoms with E-state index in [9.17, 15) is 14.0 Å². The van der Waals surface area contributed by atoms with Gasteiger partial charge >= 0.3 is 0 Å². The van der Waals surface area contributed by atoms with Crippen LogP contribution in [0.5, 0.6) is 0 Å². The highest BCUT2D eigenvalue weighted by molar-refractivity contribution is 5.85. The lowest BCUT2D eigenvalue weighted by Gasteiger charge is -2.29. The molecule has 0 spiro atoms. The highest BCUT2D eigenvalue weighted by Gasteiger charge is 2.25. The predicted octanol–water partition coefficient (Wildman–Crippen LogP) is 6.21. The number of nitrogens with zero attached hydrogens (tertiary/aromatic N) is 2. The number of aromatic amines is 1. The maximum atomic E-state index is 13.7. The molecule has 39 heavy (non-hydrogen) atoms. The first-order valence-corrected chi connectivity index (χ1v) is 13.9. The Morgan fingerprint density at radius 2 is 1.72 bits per heavy atom. The first-order valence-electron chi connectivity index (χ1n) is 13.9. The van der Waals surface area contributed by atoms with Gasteiger partial charge < -0.3 is 19.5 Å². The maximum absolute atomic E-state index is 13.7. The van der Waals surface area contributed by atoms with E-state index in [4.69, 9.17) is 4.74 Å². The first-order chi connectivity index (χ1) is 18.6. The smallest absolute Gasteiger partial charge is 0.242 e. The van der Waals surface area contributed by atoms with Crippen LogP contribution in [-0.2, 0) is 27.3 Å². The number of aromatic nitrogens is 1. The Labute approximate surface area is 232 Å². The van der Waals surface area contributed by atoms with Crippen molar-refractivity contribution >= 4 is 22.7 Å². The van der Waals surface area contributed by atoms with Crippen molar-refractivity contribution in [3.05, 3.63) is 71.7 Å². The fourth-order valence-electron chi connectivity index (χ4n) is 5.20. The van der Waals surface area contributed by atoms with Crippen LogP contribution in [-0.4, -0.2) is 59.9 Å². The van der Waals surface area contributed by atoms with Crippen molar-refractivity contribution in [1.82, 2.24) is 14.8 Å². The normalized spacial score (nSPS) is 12.5. The van der Waals surface area contributed by atoms with E-state index < -0.39 is 0 Å². The summed E-state index contributed by atoms with van der Waals surface area (Å²) in [6.45, 7) is 10.5. The molecule has 6 nitrogen and oxygen atoms in total. The predicted molar refractivity (Wildman–Crippen MR) is 155 cm³/mol. The number of carbonyl (C=O) groups excluding carboxylic acids is 2. The van der Waals surface area contributed by atoms with E-state index in [1.165, 1.54) is 12.1 Å². The van der Waals surface area contributed by atoms with Gasteiger partial charge in [-0.1, -0.05) is 58.0 Å². The average molecular weight is 538 g/mol. The molecule has 1 unspecified atom stereocenters. The fourth-order valence-corrected chi connectivity index (χ4v) is 5.20. The number of hydrogen-bond donors (Lipinski definition) is 1. The molecule has 7 heteroatoms. The second kappa shape index (κ2) is 14.3. The number of benzene rings is 2. The van der Waals surface area contributed by atoms with E-state index in [0.717, 1.165) is 28.5 Å². The molecule has 0 saturated heterocycles. The summed E-state index contributed by atoms with van der Waals surface area (Å²) in [5, 5.41) is 1.14. The summed E-state index contributed by atoms with van der Waals surface area (Å²) in [5.41, 5.74) is 3.17. The number of halogens is 1. The van der Waals surface area contributed by atoms with Gasteiger partial charge in [0.1, 0.15) is 5.82 Å². The lowest BCUT2D eigenvalue weighted by Crippen LogP contribution is -2.44. The lowest BCUT2D eigenvalue weighted by atomic mass is 9.84. The average Bonchev–Trinajstić information content (AvgIpc) is 3.29. The molecule has 0 fully saturated rings. The number of fused-ring (bicyclic) bond motifs is 1. The van der Waals surface area contributed by atoms with Crippen molar-refractivity contribution in [1.29, 1.82) is 0 Å². The quantitative estimate of drug-likeness (QED) is 0.249. The molecule has 3 rings (SSSR count). The largest absolute Gasteiger partial charge is 0.385 e. The summed E-state index contributed by atoms with van der Waals surface area (Å²) in [5.74, 6) is -0.215. The van der Waals surface area contributed by atoms with E-state index in [1.807, 2.05) is 24.4 Å². The minimum atomic E-state index is -0.310.